The highest BCUT2D eigenvalue weighted by atomic mass is 32.2. The molecule has 2 saturated heterocycles. The number of piperazine rings is 1. The molecule has 2 aromatic rings. The largest absolute Gasteiger partial charge is 0.337 e. The molecule has 2 atom stereocenters. The molecule has 28 heavy (non-hydrogen) atoms. The molecule has 2 fully saturated rings. The number of benzene rings is 2. The Hall–Kier alpha value is -2.18. The summed E-state index contributed by atoms with van der Waals surface area (Å²) in [5.41, 5.74) is 1.79. The molecular formula is C22H26N2O3S. The monoisotopic (exact) mass is 398 g/mol. The molecule has 5 nitrogen and oxygen atoms in total. The molecule has 1 amide bonds. The van der Waals surface area contributed by atoms with Gasteiger partial charge in [0.1, 0.15) is 0 Å². The van der Waals surface area contributed by atoms with Gasteiger partial charge in [0.2, 0.25) is 5.91 Å². The molecule has 6 heteroatoms. The van der Waals surface area contributed by atoms with Gasteiger partial charge in [-0.3, -0.25) is 9.69 Å². The van der Waals surface area contributed by atoms with Crippen molar-refractivity contribution < 1.29 is 13.2 Å². The quantitative estimate of drug-likeness (QED) is 0.777. The number of nitrogens with zero attached hydrogens (tertiary/aromatic N) is 2. The van der Waals surface area contributed by atoms with Crippen molar-refractivity contribution in [1.82, 2.24) is 9.80 Å². The van der Waals surface area contributed by atoms with Gasteiger partial charge >= 0.3 is 0 Å². The summed E-state index contributed by atoms with van der Waals surface area (Å²) >= 11 is 0. The molecule has 0 N–H and O–H groups in total. The Kier molecular flexibility index (Phi) is 5.25. The lowest BCUT2D eigenvalue weighted by atomic mass is 10.0. The minimum Gasteiger partial charge on any atom is -0.337 e. The molecule has 0 aliphatic carbocycles. The van der Waals surface area contributed by atoms with Gasteiger partial charge in [-0.1, -0.05) is 42.5 Å². The van der Waals surface area contributed by atoms with Crippen LogP contribution in [0.1, 0.15) is 30.9 Å². The van der Waals surface area contributed by atoms with Crippen LogP contribution in [0.2, 0.25) is 0 Å². The van der Waals surface area contributed by atoms with Crippen molar-refractivity contribution in [1.29, 1.82) is 0 Å². The Morgan fingerprint density at radius 1 is 1.00 bits per heavy atom. The van der Waals surface area contributed by atoms with E-state index in [2.05, 4.69) is 4.90 Å². The second kappa shape index (κ2) is 7.68. The van der Waals surface area contributed by atoms with E-state index in [-0.39, 0.29) is 17.7 Å². The van der Waals surface area contributed by atoms with Crippen molar-refractivity contribution >= 4 is 15.7 Å². The maximum absolute atomic E-state index is 12.8. The lowest BCUT2D eigenvalue weighted by Crippen LogP contribution is -2.58. The van der Waals surface area contributed by atoms with E-state index in [0.717, 1.165) is 37.1 Å². The van der Waals surface area contributed by atoms with Gasteiger partial charge in [-0.15, -0.1) is 0 Å². The molecule has 0 bridgehead atoms. The standard InChI is InChI=1S/C22H26N2O3S/c1-17-22(25)24-13-7-10-20(24)15-23(17)14-18-8-5-6-9-19(18)16-28(26,27)21-11-3-2-4-12-21/h2-6,8-9,11-12,17,20H,7,10,13-16H2,1H3/t17-,20-/m0/s1. The van der Waals surface area contributed by atoms with Crippen LogP contribution in [-0.2, 0) is 26.9 Å². The number of amides is 1. The molecule has 2 aromatic carbocycles. The lowest BCUT2D eigenvalue weighted by molar-refractivity contribution is -0.143. The molecule has 0 spiro atoms. The highest BCUT2D eigenvalue weighted by Crippen LogP contribution is 2.28. The van der Waals surface area contributed by atoms with E-state index in [0.29, 0.717) is 17.5 Å². The van der Waals surface area contributed by atoms with Gasteiger partial charge < -0.3 is 4.90 Å². The van der Waals surface area contributed by atoms with Crippen LogP contribution in [0.4, 0.5) is 0 Å². The summed E-state index contributed by atoms with van der Waals surface area (Å²) in [6.07, 6.45) is 2.13. The number of carbonyl (C=O) groups excluding carboxylic acids is 1. The van der Waals surface area contributed by atoms with Gasteiger partial charge in [0.05, 0.1) is 16.7 Å². The minimum absolute atomic E-state index is 0.0289. The van der Waals surface area contributed by atoms with E-state index in [1.165, 1.54) is 0 Å². The van der Waals surface area contributed by atoms with E-state index in [1.807, 2.05) is 42.2 Å². The van der Waals surface area contributed by atoms with Crippen LogP contribution in [0.25, 0.3) is 0 Å². The SMILES string of the molecule is C[C@H]1C(=O)N2CCC[C@H]2CN1Cc1ccccc1CS(=O)(=O)c1ccccc1. The number of fused-ring (bicyclic) bond motifs is 1. The first-order valence-corrected chi connectivity index (χ1v) is 11.5. The van der Waals surface area contributed by atoms with E-state index in [1.54, 1.807) is 24.3 Å². The number of hydrogen-bond donors (Lipinski definition) is 0. The Balaban J connectivity index is 1.56. The zero-order chi connectivity index (χ0) is 19.7. The molecular weight excluding hydrogens is 372 g/mol. The van der Waals surface area contributed by atoms with Gasteiger partial charge in [0.25, 0.3) is 0 Å². The molecule has 2 aliphatic rings. The average Bonchev–Trinajstić information content (AvgIpc) is 3.16. The summed E-state index contributed by atoms with van der Waals surface area (Å²) in [5, 5.41) is 0. The van der Waals surface area contributed by atoms with Crippen molar-refractivity contribution in [3.05, 3.63) is 65.7 Å². The summed E-state index contributed by atoms with van der Waals surface area (Å²) in [6, 6.07) is 16.4. The molecule has 4 rings (SSSR count). The van der Waals surface area contributed by atoms with Crippen molar-refractivity contribution in [2.75, 3.05) is 13.1 Å². The maximum Gasteiger partial charge on any atom is 0.239 e. The van der Waals surface area contributed by atoms with Crippen molar-refractivity contribution in [2.24, 2.45) is 0 Å². The van der Waals surface area contributed by atoms with E-state index >= 15 is 0 Å². The molecule has 2 heterocycles. The fourth-order valence-corrected chi connectivity index (χ4v) is 5.76. The second-order valence-corrected chi connectivity index (χ2v) is 9.76. The molecule has 0 radical (unpaired) electrons. The van der Waals surface area contributed by atoms with Gasteiger partial charge in [0, 0.05) is 25.7 Å². The predicted molar refractivity (Wildman–Crippen MR) is 108 cm³/mol. The topological polar surface area (TPSA) is 57.7 Å². The lowest BCUT2D eigenvalue weighted by Gasteiger charge is -2.41. The van der Waals surface area contributed by atoms with Crippen LogP contribution in [0.5, 0.6) is 0 Å². The molecule has 148 valence electrons. The van der Waals surface area contributed by atoms with E-state index in [9.17, 15) is 13.2 Å². The summed E-state index contributed by atoms with van der Waals surface area (Å²) in [6.45, 7) is 4.28. The third-order valence-electron chi connectivity index (χ3n) is 5.95. The number of carbonyl (C=O) groups is 1. The first-order valence-electron chi connectivity index (χ1n) is 9.85. The van der Waals surface area contributed by atoms with E-state index < -0.39 is 9.84 Å². The highest BCUT2D eigenvalue weighted by Gasteiger charge is 2.40. The zero-order valence-electron chi connectivity index (χ0n) is 16.1. The minimum atomic E-state index is -3.41. The summed E-state index contributed by atoms with van der Waals surface area (Å²) < 4.78 is 25.7. The van der Waals surface area contributed by atoms with Crippen LogP contribution in [0, 0.1) is 0 Å². The molecule has 0 saturated carbocycles. The maximum atomic E-state index is 12.8. The first kappa shape index (κ1) is 19.2. The average molecular weight is 399 g/mol. The van der Waals surface area contributed by atoms with Crippen molar-refractivity contribution in [3.63, 3.8) is 0 Å². The normalized spacial score (nSPS) is 23.0. The third kappa shape index (κ3) is 3.71. The van der Waals surface area contributed by atoms with Crippen molar-refractivity contribution in [3.8, 4) is 0 Å². The Morgan fingerprint density at radius 2 is 1.68 bits per heavy atom. The number of sulfone groups is 1. The fraction of sp³-hybridized carbons (Fsp3) is 0.409. The van der Waals surface area contributed by atoms with Crippen LogP contribution >= 0.6 is 0 Å². The van der Waals surface area contributed by atoms with Gasteiger partial charge in [-0.05, 0) is 43.0 Å². The van der Waals surface area contributed by atoms with Crippen LogP contribution in [0.15, 0.2) is 59.5 Å². The van der Waals surface area contributed by atoms with Gasteiger partial charge in [0.15, 0.2) is 9.84 Å². The summed E-state index contributed by atoms with van der Waals surface area (Å²) in [4.78, 5) is 17.3. The number of rotatable bonds is 5. The second-order valence-electron chi connectivity index (χ2n) is 7.77. The Labute approximate surface area is 166 Å². The number of hydrogen-bond acceptors (Lipinski definition) is 4. The summed E-state index contributed by atoms with van der Waals surface area (Å²) in [5.74, 6) is 0.168. The van der Waals surface area contributed by atoms with Crippen LogP contribution in [-0.4, -0.2) is 49.3 Å². The smallest absolute Gasteiger partial charge is 0.239 e. The van der Waals surface area contributed by atoms with Gasteiger partial charge in [-0.2, -0.15) is 0 Å². The third-order valence-corrected chi connectivity index (χ3v) is 7.63. The van der Waals surface area contributed by atoms with Gasteiger partial charge in [-0.25, -0.2) is 8.42 Å². The predicted octanol–water partition coefficient (Wildman–Crippen LogP) is 2.86. The van der Waals surface area contributed by atoms with E-state index in [4.69, 9.17) is 0 Å². The fourth-order valence-electron chi connectivity index (χ4n) is 4.33. The van der Waals surface area contributed by atoms with Crippen molar-refractivity contribution in [2.45, 2.75) is 49.0 Å². The highest BCUT2D eigenvalue weighted by molar-refractivity contribution is 7.90. The molecule has 2 aliphatic heterocycles. The zero-order valence-corrected chi connectivity index (χ0v) is 16.9. The molecule has 0 unspecified atom stereocenters. The summed E-state index contributed by atoms with van der Waals surface area (Å²) in [7, 11) is -3.41. The van der Waals surface area contributed by atoms with Crippen LogP contribution < -0.4 is 0 Å². The van der Waals surface area contributed by atoms with Crippen LogP contribution in [0.3, 0.4) is 0 Å². The molecule has 0 aromatic heterocycles. The first-order chi connectivity index (χ1) is 13.5. The Morgan fingerprint density at radius 3 is 2.43 bits per heavy atom. The Bertz CT molecular complexity index is 959.